The smallest absolute Gasteiger partial charge is 0.320 e. The first-order chi connectivity index (χ1) is 10.1. The molecule has 0 bridgehead atoms. The van der Waals surface area contributed by atoms with Crippen LogP contribution in [-0.2, 0) is 4.79 Å². The Morgan fingerprint density at radius 3 is 2.24 bits per heavy atom. The highest BCUT2D eigenvalue weighted by Gasteiger charge is 2.30. The van der Waals surface area contributed by atoms with Crippen LogP contribution in [0.3, 0.4) is 0 Å². The Morgan fingerprint density at radius 2 is 1.67 bits per heavy atom. The van der Waals surface area contributed by atoms with Gasteiger partial charge < -0.3 is 20.2 Å². The number of urea groups is 1. The molecule has 2 rings (SSSR count). The van der Waals surface area contributed by atoms with E-state index in [4.69, 9.17) is 5.11 Å². The average Bonchev–Trinajstić information content (AvgIpc) is 2.47. The van der Waals surface area contributed by atoms with Gasteiger partial charge in [-0.3, -0.25) is 4.79 Å². The molecule has 2 N–H and O–H groups in total. The third kappa shape index (κ3) is 4.59. The van der Waals surface area contributed by atoms with Crippen molar-refractivity contribution in [2.24, 2.45) is 11.8 Å². The lowest BCUT2D eigenvalue weighted by molar-refractivity contribution is -0.138. The van der Waals surface area contributed by atoms with Crippen LogP contribution >= 0.6 is 0 Å². The van der Waals surface area contributed by atoms with E-state index in [1.165, 1.54) is 6.42 Å². The zero-order valence-electron chi connectivity index (χ0n) is 12.9. The summed E-state index contributed by atoms with van der Waals surface area (Å²) in [5.74, 6) is -0.119. The monoisotopic (exact) mass is 297 g/mol. The molecule has 2 fully saturated rings. The van der Waals surface area contributed by atoms with Crippen LogP contribution in [-0.4, -0.2) is 66.7 Å². The van der Waals surface area contributed by atoms with Gasteiger partial charge in [-0.1, -0.05) is 0 Å². The van der Waals surface area contributed by atoms with Crippen molar-refractivity contribution in [1.82, 2.24) is 15.1 Å². The molecule has 0 aromatic carbocycles. The molecule has 0 saturated carbocycles. The van der Waals surface area contributed by atoms with Gasteiger partial charge in [-0.05, 0) is 51.1 Å². The first kappa shape index (κ1) is 16.1. The van der Waals surface area contributed by atoms with Crippen molar-refractivity contribution in [3.8, 4) is 0 Å². The summed E-state index contributed by atoms with van der Waals surface area (Å²) in [6, 6.07) is 0.103. The van der Waals surface area contributed by atoms with Crippen LogP contribution in [0.4, 0.5) is 4.79 Å². The molecule has 0 aliphatic carbocycles. The van der Waals surface area contributed by atoms with Crippen molar-refractivity contribution in [1.29, 1.82) is 0 Å². The summed E-state index contributed by atoms with van der Waals surface area (Å²) in [5, 5.41) is 12.1. The van der Waals surface area contributed by atoms with Crippen molar-refractivity contribution < 1.29 is 14.7 Å². The molecule has 0 aromatic rings. The molecule has 2 saturated heterocycles. The molecule has 6 nitrogen and oxygen atoms in total. The van der Waals surface area contributed by atoms with Gasteiger partial charge in [-0.25, -0.2) is 4.79 Å². The van der Waals surface area contributed by atoms with E-state index in [0.29, 0.717) is 12.5 Å². The number of likely N-dealkylation sites (tertiary alicyclic amines) is 2. The minimum absolute atomic E-state index is 0.103. The van der Waals surface area contributed by atoms with E-state index in [2.05, 4.69) is 5.32 Å². The number of rotatable bonds is 4. The lowest BCUT2D eigenvalue weighted by Crippen LogP contribution is -2.51. The van der Waals surface area contributed by atoms with Gasteiger partial charge in [0.1, 0.15) is 0 Å². The van der Waals surface area contributed by atoms with Gasteiger partial charge in [0.15, 0.2) is 0 Å². The SMILES string of the molecule is CNCC1CCCN(C(=O)N2CCCC(CC(=O)O)C2)C1. The maximum atomic E-state index is 12.6. The molecule has 21 heavy (non-hydrogen) atoms. The Kier molecular flexibility index (Phi) is 5.85. The van der Waals surface area contributed by atoms with Gasteiger partial charge in [0, 0.05) is 32.6 Å². The van der Waals surface area contributed by atoms with E-state index in [9.17, 15) is 9.59 Å². The molecule has 2 heterocycles. The minimum atomic E-state index is -0.763. The maximum absolute atomic E-state index is 12.6. The van der Waals surface area contributed by atoms with Crippen molar-refractivity contribution >= 4 is 12.0 Å². The van der Waals surface area contributed by atoms with Gasteiger partial charge in [0.05, 0.1) is 0 Å². The third-order valence-electron chi connectivity index (χ3n) is 4.54. The highest BCUT2D eigenvalue weighted by Crippen LogP contribution is 2.23. The Morgan fingerprint density at radius 1 is 1.10 bits per heavy atom. The van der Waals surface area contributed by atoms with E-state index < -0.39 is 5.97 Å². The van der Waals surface area contributed by atoms with Crippen molar-refractivity contribution in [2.45, 2.75) is 32.1 Å². The number of hydrogen-bond acceptors (Lipinski definition) is 3. The summed E-state index contributed by atoms with van der Waals surface area (Å²) in [7, 11) is 1.95. The fourth-order valence-corrected chi connectivity index (χ4v) is 3.55. The first-order valence-electron chi connectivity index (χ1n) is 8.00. The average molecular weight is 297 g/mol. The van der Waals surface area contributed by atoms with Crippen LogP contribution < -0.4 is 5.32 Å². The molecule has 2 atom stereocenters. The second-order valence-electron chi connectivity index (χ2n) is 6.35. The highest BCUT2D eigenvalue weighted by atomic mass is 16.4. The number of carboxylic acid groups (broad SMARTS) is 1. The Labute approximate surface area is 126 Å². The normalized spacial score (nSPS) is 26.7. The summed E-state index contributed by atoms with van der Waals surface area (Å²) in [6.07, 6.45) is 4.23. The Hall–Kier alpha value is -1.30. The number of nitrogens with zero attached hydrogens (tertiary/aromatic N) is 2. The van der Waals surface area contributed by atoms with E-state index in [-0.39, 0.29) is 18.4 Å². The van der Waals surface area contributed by atoms with Gasteiger partial charge in [0.2, 0.25) is 0 Å². The predicted molar refractivity (Wildman–Crippen MR) is 80.2 cm³/mol. The Bertz CT molecular complexity index is 373. The van der Waals surface area contributed by atoms with Gasteiger partial charge in [-0.2, -0.15) is 0 Å². The van der Waals surface area contributed by atoms with Gasteiger partial charge in [0.25, 0.3) is 0 Å². The lowest BCUT2D eigenvalue weighted by Gasteiger charge is -2.39. The third-order valence-corrected chi connectivity index (χ3v) is 4.54. The van der Waals surface area contributed by atoms with E-state index >= 15 is 0 Å². The molecule has 6 heteroatoms. The van der Waals surface area contributed by atoms with E-state index in [1.807, 2.05) is 16.8 Å². The maximum Gasteiger partial charge on any atom is 0.320 e. The number of aliphatic carboxylic acids is 1. The number of carboxylic acids is 1. The summed E-state index contributed by atoms with van der Waals surface area (Å²) < 4.78 is 0. The quantitative estimate of drug-likeness (QED) is 0.818. The summed E-state index contributed by atoms with van der Waals surface area (Å²) in [4.78, 5) is 27.3. The molecule has 2 amide bonds. The van der Waals surface area contributed by atoms with E-state index in [1.54, 1.807) is 0 Å². The summed E-state index contributed by atoms with van der Waals surface area (Å²) in [5.41, 5.74) is 0. The fourth-order valence-electron chi connectivity index (χ4n) is 3.55. The second-order valence-corrected chi connectivity index (χ2v) is 6.35. The summed E-state index contributed by atoms with van der Waals surface area (Å²) >= 11 is 0. The first-order valence-corrected chi connectivity index (χ1v) is 8.00. The van der Waals surface area contributed by atoms with Crippen LogP contribution in [0.2, 0.25) is 0 Å². The molecular weight excluding hydrogens is 270 g/mol. The standard InChI is InChI=1S/C15H27N3O3/c1-16-9-13-5-3-7-18(11-13)15(21)17-6-2-4-12(10-17)8-14(19)20/h12-13,16H,2-11H2,1H3,(H,19,20). The van der Waals surface area contributed by atoms with E-state index in [0.717, 1.165) is 45.4 Å². The predicted octanol–water partition coefficient (Wildman–Crippen LogP) is 1.22. The highest BCUT2D eigenvalue weighted by molar-refractivity contribution is 5.75. The van der Waals surface area contributed by atoms with Gasteiger partial charge >= 0.3 is 12.0 Å². The number of hydrogen-bond donors (Lipinski definition) is 2. The molecule has 0 spiro atoms. The zero-order chi connectivity index (χ0) is 15.2. The van der Waals surface area contributed by atoms with Crippen LogP contribution in [0, 0.1) is 11.8 Å². The molecule has 0 radical (unpaired) electrons. The molecule has 2 unspecified atom stereocenters. The van der Waals surface area contributed by atoms with Crippen LogP contribution in [0.15, 0.2) is 0 Å². The second kappa shape index (κ2) is 7.64. The van der Waals surface area contributed by atoms with Gasteiger partial charge in [-0.15, -0.1) is 0 Å². The Balaban J connectivity index is 1.88. The molecule has 2 aliphatic heterocycles. The molecule has 0 aromatic heterocycles. The largest absolute Gasteiger partial charge is 0.481 e. The fraction of sp³-hybridized carbons (Fsp3) is 0.867. The summed E-state index contributed by atoms with van der Waals surface area (Å²) in [6.45, 7) is 3.96. The molecule has 120 valence electrons. The number of carbonyl (C=O) groups excluding carboxylic acids is 1. The van der Waals surface area contributed by atoms with Crippen molar-refractivity contribution in [3.05, 3.63) is 0 Å². The van der Waals surface area contributed by atoms with Crippen LogP contribution in [0.25, 0.3) is 0 Å². The number of piperidine rings is 2. The number of carbonyl (C=O) groups is 2. The van der Waals surface area contributed by atoms with Crippen molar-refractivity contribution in [3.63, 3.8) is 0 Å². The minimum Gasteiger partial charge on any atom is -0.481 e. The lowest BCUT2D eigenvalue weighted by atomic mass is 9.94. The van der Waals surface area contributed by atoms with Crippen LogP contribution in [0.5, 0.6) is 0 Å². The zero-order valence-corrected chi connectivity index (χ0v) is 12.9. The van der Waals surface area contributed by atoms with Crippen molar-refractivity contribution in [2.75, 3.05) is 39.8 Å². The molecular formula is C15H27N3O3. The number of nitrogens with one attached hydrogen (secondary N) is 1. The molecule has 2 aliphatic rings. The number of amides is 2. The topological polar surface area (TPSA) is 72.9 Å². The van der Waals surface area contributed by atoms with Crippen LogP contribution in [0.1, 0.15) is 32.1 Å².